The van der Waals surface area contributed by atoms with E-state index in [0.717, 1.165) is 39.1 Å². The first-order valence-corrected chi connectivity index (χ1v) is 6.83. The predicted octanol–water partition coefficient (Wildman–Crippen LogP) is 1.01. The first-order valence-electron chi connectivity index (χ1n) is 6.83. The van der Waals surface area contributed by atoms with E-state index in [1.54, 1.807) is 0 Å². The number of amides is 1. The quantitative estimate of drug-likeness (QED) is 0.800. The Bertz CT molecular complexity index is 246. The largest absolute Gasteiger partial charge is 0.381 e. The maximum absolute atomic E-state index is 12.2. The fourth-order valence-corrected chi connectivity index (χ4v) is 2.76. The van der Waals surface area contributed by atoms with Crippen LogP contribution in [0.2, 0.25) is 0 Å². The van der Waals surface area contributed by atoms with Crippen molar-refractivity contribution in [3.8, 4) is 0 Å². The van der Waals surface area contributed by atoms with Gasteiger partial charge in [0.1, 0.15) is 0 Å². The van der Waals surface area contributed by atoms with Crippen LogP contribution in [0, 0.1) is 5.92 Å². The number of piperidine rings is 1. The molecule has 2 heterocycles. The zero-order valence-corrected chi connectivity index (χ0v) is 10.8. The molecule has 1 N–H and O–H groups in total. The lowest BCUT2D eigenvalue weighted by Gasteiger charge is -2.31. The third-order valence-electron chi connectivity index (χ3n) is 3.77. The van der Waals surface area contributed by atoms with Gasteiger partial charge in [-0.05, 0) is 38.1 Å². The van der Waals surface area contributed by atoms with Gasteiger partial charge < -0.3 is 15.0 Å². The van der Waals surface area contributed by atoms with Gasteiger partial charge in [0.25, 0.3) is 0 Å². The van der Waals surface area contributed by atoms with Crippen molar-refractivity contribution in [2.24, 2.45) is 5.92 Å². The Kier molecular flexibility index (Phi) is 4.80. The zero-order valence-electron chi connectivity index (χ0n) is 10.8. The molecule has 2 aliphatic heterocycles. The monoisotopic (exact) mass is 240 g/mol. The molecule has 2 fully saturated rings. The highest BCUT2D eigenvalue weighted by atomic mass is 16.5. The molecule has 0 spiro atoms. The molecule has 4 heteroatoms. The molecule has 0 aromatic heterocycles. The maximum atomic E-state index is 12.2. The lowest BCUT2D eigenvalue weighted by Crippen LogP contribution is -2.48. The molecule has 0 radical (unpaired) electrons. The van der Waals surface area contributed by atoms with Crippen LogP contribution in [-0.4, -0.2) is 50.2 Å². The molecule has 2 saturated heterocycles. The molecule has 98 valence electrons. The second kappa shape index (κ2) is 6.36. The SMILES string of the molecule is CN(CC1CCCOC1)C(=O)C1CCCCN1. The summed E-state index contributed by atoms with van der Waals surface area (Å²) in [5.74, 6) is 0.788. The predicted molar refractivity (Wildman–Crippen MR) is 66.8 cm³/mol. The average Bonchev–Trinajstić information content (AvgIpc) is 2.40. The number of nitrogens with one attached hydrogen (secondary N) is 1. The van der Waals surface area contributed by atoms with Gasteiger partial charge in [-0.3, -0.25) is 4.79 Å². The zero-order chi connectivity index (χ0) is 12.1. The van der Waals surface area contributed by atoms with Gasteiger partial charge in [0.2, 0.25) is 5.91 Å². The summed E-state index contributed by atoms with van der Waals surface area (Å²) in [5, 5.41) is 3.31. The van der Waals surface area contributed by atoms with Crippen LogP contribution in [0.3, 0.4) is 0 Å². The third kappa shape index (κ3) is 3.68. The first-order chi connectivity index (χ1) is 8.27. The van der Waals surface area contributed by atoms with Crippen molar-refractivity contribution in [2.45, 2.75) is 38.1 Å². The van der Waals surface area contributed by atoms with Gasteiger partial charge in [-0.25, -0.2) is 0 Å². The Hall–Kier alpha value is -0.610. The van der Waals surface area contributed by atoms with E-state index in [1.807, 2.05) is 11.9 Å². The number of rotatable bonds is 3. The van der Waals surface area contributed by atoms with Gasteiger partial charge in [-0.15, -0.1) is 0 Å². The van der Waals surface area contributed by atoms with Crippen molar-refractivity contribution in [3.05, 3.63) is 0 Å². The van der Waals surface area contributed by atoms with Gasteiger partial charge in [0.05, 0.1) is 12.6 Å². The highest BCUT2D eigenvalue weighted by Gasteiger charge is 2.25. The molecule has 0 bridgehead atoms. The van der Waals surface area contributed by atoms with Crippen molar-refractivity contribution in [1.82, 2.24) is 10.2 Å². The van der Waals surface area contributed by atoms with Gasteiger partial charge >= 0.3 is 0 Å². The molecule has 0 saturated carbocycles. The number of hydrogen-bond donors (Lipinski definition) is 1. The molecule has 4 nitrogen and oxygen atoms in total. The van der Waals surface area contributed by atoms with E-state index < -0.39 is 0 Å². The fraction of sp³-hybridized carbons (Fsp3) is 0.923. The molecule has 2 aliphatic rings. The summed E-state index contributed by atoms with van der Waals surface area (Å²) in [5.41, 5.74) is 0. The van der Waals surface area contributed by atoms with Gasteiger partial charge in [-0.1, -0.05) is 6.42 Å². The minimum atomic E-state index is 0.0539. The van der Waals surface area contributed by atoms with Crippen LogP contribution in [0.4, 0.5) is 0 Å². The molecule has 17 heavy (non-hydrogen) atoms. The second-order valence-electron chi connectivity index (χ2n) is 5.30. The van der Waals surface area contributed by atoms with Crippen molar-refractivity contribution in [3.63, 3.8) is 0 Å². The fourth-order valence-electron chi connectivity index (χ4n) is 2.76. The summed E-state index contributed by atoms with van der Waals surface area (Å²) in [4.78, 5) is 14.1. The third-order valence-corrected chi connectivity index (χ3v) is 3.77. The molecule has 2 atom stereocenters. The smallest absolute Gasteiger partial charge is 0.239 e. The summed E-state index contributed by atoms with van der Waals surface area (Å²) >= 11 is 0. The number of carbonyl (C=O) groups excluding carboxylic acids is 1. The lowest BCUT2D eigenvalue weighted by atomic mass is 10.00. The van der Waals surface area contributed by atoms with Crippen molar-refractivity contribution in [1.29, 1.82) is 0 Å². The van der Waals surface area contributed by atoms with Gasteiger partial charge in [-0.2, -0.15) is 0 Å². The van der Waals surface area contributed by atoms with E-state index >= 15 is 0 Å². The van der Waals surface area contributed by atoms with E-state index in [-0.39, 0.29) is 11.9 Å². The number of hydrogen-bond acceptors (Lipinski definition) is 3. The number of nitrogens with zero attached hydrogens (tertiary/aromatic N) is 1. The van der Waals surface area contributed by atoms with Crippen LogP contribution >= 0.6 is 0 Å². The molecule has 0 aromatic carbocycles. The van der Waals surface area contributed by atoms with Crippen LogP contribution in [0.5, 0.6) is 0 Å². The number of ether oxygens (including phenoxy) is 1. The molecule has 2 rings (SSSR count). The topological polar surface area (TPSA) is 41.6 Å². The minimum absolute atomic E-state index is 0.0539. The maximum Gasteiger partial charge on any atom is 0.239 e. The van der Waals surface area contributed by atoms with E-state index in [1.165, 1.54) is 19.3 Å². The minimum Gasteiger partial charge on any atom is -0.381 e. The summed E-state index contributed by atoms with van der Waals surface area (Å²) in [6.45, 7) is 3.53. The van der Waals surface area contributed by atoms with Crippen LogP contribution in [0.15, 0.2) is 0 Å². The summed E-state index contributed by atoms with van der Waals surface area (Å²) in [7, 11) is 1.92. The Labute approximate surface area is 104 Å². The van der Waals surface area contributed by atoms with Crippen molar-refractivity contribution < 1.29 is 9.53 Å². The molecule has 1 amide bonds. The van der Waals surface area contributed by atoms with Crippen LogP contribution in [0.25, 0.3) is 0 Å². The van der Waals surface area contributed by atoms with Crippen LogP contribution in [0.1, 0.15) is 32.1 Å². The first kappa shape index (κ1) is 12.8. The summed E-state index contributed by atoms with van der Waals surface area (Å²) in [6, 6.07) is 0.0539. The Morgan fingerprint density at radius 3 is 2.88 bits per heavy atom. The second-order valence-corrected chi connectivity index (χ2v) is 5.30. The molecule has 2 unspecified atom stereocenters. The van der Waals surface area contributed by atoms with Crippen molar-refractivity contribution >= 4 is 5.91 Å². The van der Waals surface area contributed by atoms with Gasteiger partial charge in [0.15, 0.2) is 0 Å². The Morgan fingerprint density at radius 1 is 1.35 bits per heavy atom. The lowest BCUT2D eigenvalue weighted by molar-refractivity contribution is -0.133. The van der Waals surface area contributed by atoms with Gasteiger partial charge in [0, 0.05) is 20.2 Å². The van der Waals surface area contributed by atoms with E-state index in [4.69, 9.17) is 4.74 Å². The van der Waals surface area contributed by atoms with E-state index in [2.05, 4.69) is 5.32 Å². The normalized spacial score (nSPS) is 29.9. The molecular formula is C13H24N2O2. The number of carbonyl (C=O) groups is 1. The van der Waals surface area contributed by atoms with E-state index in [9.17, 15) is 4.79 Å². The Morgan fingerprint density at radius 2 is 2.24 bits per heavy atom. The van der Waals surface area contributed by atoms with Crippen LogP contribution in [-0.2, 0) is 9.53 Å². The van der Waals surface area contributed by atoms with E-state index in [0.29, 0.717) is 5.92 Å². The highest BCUT2D eigenvalue weighted by Crippen LogP contribution is 2.16. The van der Waals surface area contributed by atoms with Crippen molar-refractivity contribution in [2.75, 3.05) is 33.4 Å². The van der Waals surface area contributed by atoms with Crippen LogP contribution < -0.4 is 5.32 Å². The molecule has 0 aliphatic carbocycles. The average molecular weight is 240 g/mol. The summed E-state index contributed by atoms with van der Waals surface area (Å²) in [6.07, 6.45) is 5.68. The highest BCUT2D eigenvalue weighted by molar-refractivity contribution is 5.81. The Balaban J connectivity index is 1.77. The summed E-state index contributed by atoms with van der Waals surface area (Å²) < 4.78 is 5.45. The number of likely N-dealkylation sites (N-methyl/N-ethyl adjacent to an activating group) is 1. The molecular weight excluding hydrogens is 216 g/mol. The molecule has 0 aromatic rings. The standard InChI is InChI=1S/C13H24N2O2/c1-15(9-11-5-4-8-17-10-11)13(16)12-6-2-3-7-14-12/h11-12,14H,2-10H2,1H3.